The number of aromatic nitrogens is 2. The molecule has 0 amide bonds. The molecular weight excluding hydrogens is 396 g/mol. The molecule has 0 aliphatic heterocycles. The van der Waals surface area contributed by atoms with E-state index in [1.165, 1.54) is 6.07 Å². The van der Waals surface area contributed by atoms with E-state index in [0.29, 0.717) is 6.54 Å². The van der Waals surface area contributed by atoms with Crippen molar-refractivity contribution in [3.8, 4) is 0 Å². The molecule has 0 saturated carbocycles. The molecule has 1 aromatic heterocycles. The van der Waals surface area contributed by atoms with E-state index >= 15 is 0 Å². The Morgan fingerprint density at radius 2 is 2.14 bits per heavy atom. The van der Waals surface area contributed by atoms with Crippen LogP contribution in [-0.2, 0) is 13.0 Å². The maximum Gasteiger partial charge on any atom is 0.191 e. The summed E-state index contributed by atoms with van der Waals surface area (Å²) in [6, 6.07) is 6.65. The van der Waals surface area contributed by atoms with Crippen LogP contribution >= 0.6 is 24.0 Å². The number of aliphatic imine (C=N–C) groups is 1. The molecule has 2 N–H and O–H groups in total. The van der Waals surface area contributed by atoms with Gasteiger partial charge in [-0.1, -0.05) is 12.1 Å². The Kier molecular flexibility index (Phi) is 8.49. The quantitative estimate of drug-likeness (QED) is 0.430. The zero-order valence-electron chi connectivity index (χ0n) is 12.5. The van der Waals surface area contributed by atoms with Crippen LogP contribution in [0.1, 0.15) is 5.56 Å². The first kappa shape index (κ1) is 18.4. The Morgan fingerprint density at radius 3 is 2.82 bits per heavy atom. The van der Waals surface area contributed by atoms with E-state index in [9.17, 15) is 4.39 Å². The van der Waals surface area contributed by atoms with E-state index < -0.39 is 0 Å². The first-order valence-corrected chi connectivity index (χ1v) is 6.92. The van der Waals surface area contributed by atoms with Crippen molar-refractivity contribution >= 4 is 29.9 Å². The van der Waals surface area contributed by atoms with E-state index in [-0.39, 0.29) is 29.8 Å². The van der Waals surface area contributed by atoms with Gasteiger partial charge in [0, 0.05) is 39.1 Å². The SMILES string of the molecule is CN=C(NCCc1cccc(F)c1)NCCn1ccnc1.I. The first-order chi connectivity index (χ1) is 10.3. The van der Waals surface area contributed by atoms with Gasteiger partial charge < -0.3 is 15.2 Å². The number of imidazole rings is 1. The van der Waals surface area contributed by atoms with Crippen LogP contribution in [0.4, 0.5) is 4.39 Å². The molecule has 0 spiro atoms. The fraction of sp³-hybridized carbons (Fsp3) is 0.333. The number of hydrogen-bond acceptors (Lipinski definition) is 2. The highest BCUT2D eigenvalue weighted by Gasteiger charge is 1.99. The maximum absolute atomic E-state index is 13.1. The fourth-order valence-corrected chi connectivity index (χ4v) is 1.96. The lowest BCUT2D eigenvalue weighted by molar-refractivity contribution is 0.624. The molecule has 0 unspecified atom stereocenters. The molecule has 0 bridgehead atoms. The average Bonchev–Trinajstić information content (AvgIpc) is 2.99. The van der Waals surface area contributed by atoms with Crippen LogP contribution in [0, 0.1) is 5.82 Å². The minimum atomic E-state index is -0.199. The third kappa shape index (κ3) is 6.42. The van der Waals surface area contributed by atoms with Crippen LogP contribution in [0.3, 0.4) is 0 Å². The average molecular weight is 417 g/mol. The Hall–Kier alpha value is -1.64. The Labute approximate surface area is 147 Å². The molecule has 22 heavy (non-hydrogen) atoms. The molecule has 7 heteroatoms. The summed E-state index contributed by atoms with van der Waals surface area (Å²) in [5, 5.41) is 6.43. The smallest absolute Gasteiger partial charge is 0.191 e. The lowest BCUT2D eigenvalue weighted by atomic mass is 10.1. The minimum absolute atomic E-state index is 0. The number of nitrogens with zero attached hydrogens (tertiary/aromatic N) is 3. The minimum Gasteiger partial charge on any atom is -0.356 e. The van der Waals surface area contributed by atoms with Crippen molar-refractivity contribution < 1.29 is 4.39 Å². The number of halogens is 2. The number of hydrogen-bond donors (Lipinski definition) is 2. The number of nitrogens with one attached hydrogen (secondary N) is 2. The standard InChI is InChI=1S/C15H20FN5.HI/c1-17-15(20-8-10-21-9-7-18-12-21)19-6-5-13-3-2-4-14(16)11-13;/h2-4,7,9,11-12H,5-6,8,10H2,1H3,(H2,17,19,20);1H. The molecule has 1 heterocycles. The van der Waals surface area contributed by atoms with E-state index in [4.69, 9.17) is 0 Å². The van der Waals surface area contributed by atoms with Crippen LogP contribution in [-0.4, -0.2) is 35.6 Å². The second-order valence-electron chi connectivity index (χ2n) is 4.61. The van der Waals surface area contributed by atoms with Crippen LogP contribution in [0.5, 0.6) is 0 Å². The monoisotopic (exact) mass is 417 g/mol. The van der Waals surface area contributed by atoms with Gasteiger partial charge in [-0.3, -0.25) is 4.99 Å². The third-order valence-corrected chi connectivity index (χ3v) is 3.04. The molecular formula is C15H21FIN5. The Bertz CT molecular complexity index is 571. The van der Waals surface area contributed by atoms with Gasteiger partial charge in [0.1, 0.15) is 5.82 Å². The van der Waals surface area contributed by atoms with Gasteiger partial charge in [0.25, 0.3) is 0 Å². The zero-order valence-corrected chi connectivity index (χ0v) is 14.8. The summed E-state index contributed by atoms with van der Waals surface area (Å²) in [5.74, 6) is 0.543. The lowest BCUT2D eigenvalue weighted by Gasteiger charge is -2.12. The first-order valence-electron chi connectivity index (χ1n) is 6.92. The molecule has 0 aliphatic rings. The zero-order chi connectivity index (χ0) is 14.9. The van der Waals surface area contributed by atoms with Crippen LogP contribution in [0.25, 0.3) is 0 Å². The highest BCUT2D eigenvalue weighted by Crippen LogP contribution is 2.03. The van der Waals surface area contributed by atoms with Gasteiger partial charge in [-0.25, -0.2) is 9.37 Å². The largest absolute Gasteiger partial charge is 0.356 e. The fourth-order valence-electron chi connectivity index (χ4n) is 1.96. The number of benzene rings is 1. The highest BCUT2D eigenvalue weighted by atomic mass is 127. The van der Waals surface area contributed by atoms with Crippen molar-refractivity contribution in [2.24, 2.45) is 4.99 Å². The van der Waals surface area contributed by atoms with Gasteiger partial charge in [0.05, 0.1) is 6.33 Å². The number of rotatable bonds is 6. The molecule has 5 nitrogen and oxygen atoms in total. The highest BCUT2D eigenvalue weighted by molar-refractivity contribution is 14.0. The lowest BCUT2D eigenvalue weighted by Crippen LogP contribution is -2.39. The molecule has 0 saturated heterocycles. The molecule has 2 aromatic rings. The Balaban J connectivity index is 0.00000242. The van der Waals surface area contributed by atoms with Gasteiger partial charge in [-0.2, -0.15) is 0 Å². The van der Waals surface area contributed by atoms with Crippen molar-refractivity contribution in [3.63, 3.8) is 0 Å². The molecule has 2 rings (SSSR count). The Morgan fingerprint density at radius 1 is 1.32 bits per heavy atom. The molecule has 0 radical (unpaired) electrons. The number of guanidine groups is 1. The molecule has 0 aliphatic carbocycles. The summed E-state index contributed by atoms with van der Waals surface area (Å²) in [6.07, 6.45) is 6.20. The van der Waals surface area contributed by atoms with Crippen LogP contribution in [0.2, 0.25) is 0 Å². The van der Waals surface area contributed by atoms with E-state index in [2.05, 4.69) is 20.6 Å². The molecule has 1 aromatic carbocycles. The molecule has 0 atom stereocenters. The predicted molar refractivity (Wildman–Crippen MR) is 97.1 cm³/mol. The second-order valence-corrected chi connectivity index (χ2v) is 4.61. The van der Waals surface area contributed by atoms with Crippen LogP contribution < -0.4 is 10.6 Å². The summed E-state index contributed by atoms with van der Waals surface area (Å²) < 4.78 is 15.0. The maximum atomic E-state index is 13.1. The van der Waals surface area contributed by atoms with Crippen LogP contribution in [0.15, 0.2) is 48.0 Å². The van der Waals surface area contributed by atoms with E-state index in [0.717, 1.165) is 31.0 Å². The van der Waals surface area contributed by atoms with Crippen molar-refractivity contribution in [2.75, 3.05) is 20.1 Å². The van der Waals surface area contributed by atoms with Crippen molar-refractivity contribution in [3.05, 3.63) is 54.4 Å². The van der Waals surface area contributed by atoms with Gasteiger partial charge in [0.15, 0.2) is 5.96 Å². The van der Waals surface area contributed by atoms with Gasteiger partial charge in [0.2, 0.25) is 0 Å². The summed E-state index contributed by atoms with van der Waals surface area (Å²) in [7, 11) is 1.73. The van der Waals surface area contributed by atoms with E-state index in [1.54, 1.807) is 31.7 Å². The van der Waals surface area contributed by atoms with E-state index in [1.807, 2.05) is 16.8 Å². The topological polar surface area (TPSA) is 54.2 Å². The van der Waals surface area contributed by atoms with Gasteiger partial charge in [-0.05, 0) is 24.1 Å². The molecule has 0 fully saturated rings. The van der Waals surface area contributed by atoms with Gasteiger partial charge in [-0.15, -0.1) is 24.0 Å². The molecule has 120 valence electrons. The van der Waals surface area contributed by atoms with Gasteiger partial charge >= 0.3 is 0 Å². The van der Waals surface area contributed by atoms with Crippen molar-refractivity contribution in [1.82, 2.24) is 20.2 Å². The summed E-state index contributed by atoms with van der Waals surface area (Å²) in [4.78, 5) is 8.14. The van der Waals surface area contributed by atoms with Crippen molar-refractivity contribution in [1.29, 1.82) is 0 Å². The van der Waals surface area contributed by atoms with Crippen molar-refractivity contribution in [2.45, 2.75) is 13.0 Å². The summed E-state index contributed by atoms with van der Waals surface area (Å²) in [5.41, 5.74) is 0.969. The summed E-state index contributed by atoms with van der Waals surface area (Å²) in [6.45, 7) is 2.29. The summed E-state index contributed by atoms with van der Waals surface area (Å²) >= 11 is 0. The third-order valence-electron chi connectivity index (χ3n) is 3.04. The predicted octanol–water partition coefficient (Wildman–Crippen LogP) is 2.05. The normalized spacial score (nSPS) is 10.9. The second kappa shape index (κ2) is 10.1.